The Morgan fingerprint density at radius 3 is 2.08 bits per heavy atom. The molecule has 0 aromatic heterocycles. The Morgan fingerprint density at radius 2 is 1.50 bits per heavy atom. The number of hydrogen-bond acceptors (Lipinski definition) is 1. The molecule has 2 aromatic carbocycles. The summed E-state index contributed by atoms with van der Waals surface area (Å²) in [6, 6.07) is 12.4. The van der Waals surface area contributed by atoms with Crippen LogP contribution in [0.2, 0.25) is 0 Å². The highest BCUT2D eigenvalue weighted by Gasteiger charge is 2.43. The Kier molecular flexibility index (Phi) is 5.54. The zero-order valence-electron chi connectivity index (χ0n) is 12.2. The van der Waals surface area contributed by atoms with Gasteiger partial charge in [0.1, 0.15) is 0 Å². The predicted octanol–water partition coefficient (Wildman–Crippen LogP) is 5.66. The molecule has 0 heterocycles. The van der Waals surface area contributed by atoms with Crippen molar-refractivity contribution in [3.8, 4) is 5.75 Å². The lowest BCUT2D eigenvalue weighted by atomic mass is 10.0. The fourth-order valence-corrected chi connectivity index (χ4v) is 2.01. The SMILES string of the molecule is FC(F)=C(F)C(F)(F)Oc1ccc(CCc2ccccc2)cc1F. The van der Waals surface area contributed by atoms with Crippen LogP contribution >= 0.6 is 0 Å². The fourth-order valence-electron chi connectivity index (χ4n) is 2.01. The second-order valence-electron chi connectivity index (χ2n) is 4.94. The number of alkyl halides is 2. The largest absolute Gasteiger partial charge is 0.459 e. The molecule has 0 aliphatic rings. The summed E-state index contributed by atoms with van der Waals surface area (Å²) in [6.45, 7) is 0. The third kappa shape index (κ3) is 4.53. The Morgan fingerprint density at radius 1 is 0.875 bits per heavy atom. The summed E-state index contributed by atoms with van der Waals surface area (Å²) < 4.78 is 80.2. The van der Waals surface area contributed by atoms with Crippen LogP contribution in [0.4, 0.5) is 26.3 Å². The maximum atomic E-state index is 13.8. The molecule has 0 saturated carbocycles. The van der Waals surface area contributed by atoms with Crippen LogP contribution in [0.15, 0.2) is 60.4 Å². The lowest BCUT2D eigenvalue weighted by Gasteiger charge is -2.16. The Hall–Kier alpha value is -2.44. The first kappa shape index (κ1) is 17.9. The van der Waals surface area contributed by atoms with Crippen molar-refractivity contribution in [2.24, 2.45) is 0 Å². The molecule has 0 fully saturated rings. The zero-order valence-corrected chi connectivity index (χ0v) is 12.2. The van der Waals surface area contributed by atoms with Crippen molar-refractivity contribution >= 4 is 0 Å². The minimum Gasteiger partial charge on any atom is -0.424 e. The van der Waals surface area contributed by atoms with Gasteiger partial charge in [0.2, 0.25) is 0 Å². The first-order valence-electron chi connectivity index (χ1n) is 6.90. The minimum absolute atomic E-state index is 0.435. The molecule has 0 aliphatic heterocycles. The topological polar surface area (TPSA) is 9.23 Å². The first-order chi connectivity index (χ1) is 11.3. The summed E-state index contributed by atoms with van der Waals surface area (Å²) in [4.78, 5) is 0. The van der Waals surface area contributed by atoms with Crippen molar-refractivity contribution < 1.29 is 31.1 Å². The van der Waals surface area contributed by atoms with E-state index in [1.165, 1.54) is 6.07 Å². The zero-order chi connectivity index (χ0) is 17.7. The highest BCUT2D eigenvalue weighted by molar-refractivity contribution is 5.31. The smallest absolute Gasteiger partial charge is 0.424 e. The predicted molar refractivity (Wildman–Crippen MR) is 76.2 cm³/mol. The van der Waals surface area contributed by atoms with E-state index in [9.17, 15) is 26.3 Å². The summed E-state index contributed by atoms with van der Waals surface area (Å²) in [5.41, 5.74) is 1.51. The van der Waals surface area contributed by atoms with Crippen LogP contribution in [0.1, 0.15) is 11.1 Å². The molecule has 0 bridgehead atoms. The standard InChI is InChI=1S/C17H12F6O/c18-13-10-12(7-6-11-4-2-1-3-5-11)8-9-14(13)24-17(22,23)15(19)16(20)21/h1-5,8-10H,6-7H2. The van der Waals surface area contributed by atoms with E-state index >= 15 is 0 Å². The average Bonchev–Trinajstić information content (AvgIpc) is 2.55. The van der Waals surface area contributed by atoms with E-state index in [2.05, 4.69) is 4.74 Å². The van der Waals surface area contributed by atoms with Gasteiger partial charge >= 0.3 is 12.2 Å². The Bertz CT molecular complexity index is 723. The van der Waals surface area contributed by atoms with Crippen molar-refractivity contribution in [1.82, 2.24) is 0 Å². The second-order valence-corrected chi connectivity index (χ2v) is 4.94. The van der Waals surface area contributed by atoms with E-state index in [-0.39, 0.29) is 0 Å². The fraction of sp³-hybridized carbons (Fsp3) is 0.176. The van der Waals surface area contributed by atoms with Gasteiger partial charge in [-0.3, -0.25) is 0 Å². The minimum atomic E-state index is -4.94. The molecule has 0 radical (unpaired) electrons. The van der Waals surface area contributed by atoms with Gasteiger partial charge in [-0.05, 0) is 36.1 Å². The van der Waals surface area contributed by atoms with Crippen molar-refractivity contribution in [3.63, 3.8) is 0 Å². The van der Waals surface area contributed by atoms with Crippen LogP contribution in [0.3, 0.4) is 0 Å². The summed E-state index contributed by atoms with van der Waals surface area (Å²) in [6.07, 6.45) is -7.13. The lowest BCUT2D eigenvalue weighted by molar-refractivity contribution is -0.161. The third-order valence-corrected chi connectivity index (χ3v) is 3.20. The molecule has 0 aliphatic carbocycles. The van der Waals surface area contributed by atoms with Gasteiger partial charge in [0.05, 0.1) is 0 Å². The lowest BCUT2D eigenvalue weighted by Crippen LogP contribution is -2.26. The first-order valence-corrected chi connectivity index (χ1v) is 6.90. The molecule has 0 saturated heterocycles. The van der Waals surface area contributed by atoms with E-state index in [1.54, 1.807) is 0 Å². The number of hydrogen-bond donors (Lipinski definition) is 0. The second kappa shape index (κ2) is 7.42. The van der Waals surface area contributed by atoms with Crippen LogP contribution in [-0.4, -0.2) is 6.11 Å². The molecule has 0 spiro atoms. The van der Waals surface area contributed by atoms with Crippen molar-refractivity contribution in [3.05, 3.63) is 77.4 Å². The highest BCUT2D eigenvalue weighted by Crippen LogP contribution is 2.33. The van der Waals surface area contributed by atoms with Crippen molar-refractivity contribution in [1.29, 1.82) is 0 Å². The number of benzene rings is 2. The molecule has 0 N–H and O–H groups in total. The molecule has 0 amide bonds. The molecule has 24 heavy (non-hydrogen) atoms. The monoisotopic (exact) mass is 346 g/mol. The van der Waals surface area contributed by atoms with Crippen LogP contribution < -0.4 is 4.74 Å². The van der Waals surface area contributed by atoms with Crippen LogP contribution in [-0.2, 0) is 12.8 Å². The molecule has 128 valence electrons. The van der Waals surface area contributed by atoms with E-state index in [0.717, 1.165) is 17.7 Å². The summed E-state index contributed by atoms with van der Waals surface area (Å²) >= 11 is 0. The van der Waals surface area contributed by atoms with Gasteiger partial charge < -0.3 is 4.74 Å². The van der Waals surface area contributed by atoms with Gasteiger partial charge in [-0.2, -0.15) is 22.0 Å². The van der Waals surface area contributed by atoms with Gasteiger partial charge in [0.25, 0.3) is 5.83 Å². The maximum Gasteiger partial charge on any atom is 0.459 e. The quantitative estimate of drug-likeness (QED) is 0.613. The molecule has 0 atom stereocenters. The molecule has 0 unspecified atom stereocenters. The Balaban J connectivity index is 2.08. The van der Waals surface area contributed by atoms with Gasteiger partial charge in [0.15, 0.2) is 11.6 Å². The van der Waals surface area contributed by atoms with Crippen molar-refractivity contribution in [2.75, 3.05) is 0 Å². The van der Waals surface area contributed by atoms with E-state index in [1.807, 2.05) is 30.3 Å². The average molecular weight is 346 g/mol. The highest BCUT2D eigenvalue weighted by atomic mass is 19.3. The van der Waals surface area contributed by atoms with Gasteiger partial charge in [-0.1, -0.05) is 36.4 Å². The van der Waals surface area contributed by atoms with E-state index in [0.29, 0.717) is 18.4 Å². The van der Waals surface area contributed by atoms with Gasteiger partial charge in [-0.25, -0.2) is 4.39 Å². The van der Waals surface area contributed by atoms with E-state index < -0.39 is 29.6 Å². The van der Waals surface area contributed by atoms with Crippen LogP contribution in [0.5, 0.6) is 5.75 Å². The number of rotatable bonds is 6. The maximum absolute atomic E-state index is 13.8. The molecule has 2 rings (SSSR count). The molecule has 7 heteroatoms. The molecule has 1 nitrogen and oxygen atoms in total. The van der Waals surface area contributed by atoms with Gasteiger partial charge in [-0.15, -0.1) is 0 Å². The summed E-state index contributed by atoms with van der Waals surface area (Å²) in [5.74, 6) is -5.25. The summed E-state index contributed by atoms with van der Waals surface area (Å²) in [7, 11) is 0. The molecular weight excluding hydrogens is 334 g/mol. The summed E-state index contributed by atoms with van der Waals surface area (Å²) in [5, 5.41) is 0. The number of ether oxygens (including phenoxy) is 1. The van der Waals surface area contributed by atoms with Crippen molar-refractivity contribution in [2.45, 2.75) is 19.0 Å². The molecular formula is C17H12F6O. The Labute approximate surface area is 134 Å². The third-order valence-electron chi connectivity index (χ3n) is 3.20. The van der Waals surface area contributed by atoms with E-state index in [4.69, 9.17) is 0 Å². The normalized spacial score (nSPS) is 11.2. The number of halogens is 6. The molecule has 2 aromatic rings. The van der Waals surface area contributed by atoms with Crippen LogP contribution in [0.25, 0.3) is 0 Å². The van der Waals surface area contributed by atoms with Crippen LogP contribution in [0, 0.1) is 5.82 Å². The van der Waals surface area contributed by atoms with Gasteiger partial charge in [0, 0.05) is 0 Å². The number of aryl methyl sites for hydroxylation is 2.